The van der Waals surface area contributed by atoms with Crippen LogP contribution in [0.15, 0.2) is 42.5 Å². The highest BCUT2D eigenvalue weighted by Gasteiger charge is 2.30. The van der Waals surface area contributed by atoms with Crippen LogP contribution in [0, 0.1) is 18.7 Å². The van der Waals surface area contributed by atoms with E-state index in [1.807, 2.05) is 31.2 Å². The normalized spacial score (nSPS) is 19.4. The number of ether oxygens (including phenoxy) is 2. The van der Waals surface area contributed by atoms with Crippen LogP contribution in [-0.2, 0) is 19.9 Å². The lowest BCUT2D eigenvalue weighted by atomic mass is 9.85. The Morgan fingerprint density at radius 2 is 1.97 bits per heavy atom. The van der Waals surface area contributed by atoms with Crippen molar-refractivity contribution in [3.05, 3.63) is 65.2 Å². The molecule has 6 heteroatoms. The lowest BCUT2D eigenvalue weighted by molar-refractivity contribution is 0.0444. The third-order valence-electron chi connectivity index (χ3n) is 7.98. The Labute approximate surface area is 211 Å². The van der Waals surface area contributed by atoms with Gasteiger partial charge in [0.2, 0.25) is 0 Å². The molecule has 0 saturated heterocycles. The summed E-state index contributed by atoms with van der Waals surface area (Å²) < 4.78 is 29.0. The molecule has 3 heterocycles. The van der Waals surface area contributed by atoms with Gasteiger partial charge in [0, 0.05) is 53.9 Å². The second-order valence-corrected chi connectivity index (χ2v) is 10.8. The van der Waals surface area contributed by atoms with Crippen LogP contribution in [0.2, 0.25) is 0 Å². The van der Waals surface area contributed by atoms with E-state index in [1.165, 1.54) is 11.3 Å². The number of hydrogen-bond donors (Lipinski definition) is 0. The maximum absolute atomic E-state index is 14.1. The summed E-state index contributed by atoms with van der Waals surface area (Å²) in [4.78, 5) is 7.17. The van der Waals surface area contributed by atoms with Crippen molar-refractivity contribution in [3.8, 4) is 11.5 Å². The summed E-state index contributed by atoms with van der Waals surface area (Å²) in [6.07, 6.45) is 3.12. The van der Waals surface area contributed by atoms with Crippen LogP contribution >= 0.6 is 0 Å². The predicted molar refractivity (Wildman–Crippen MR) is 141 cm³/mol. The van der Waals surface area contributed by atoms with Crippen molar-refractivity contribution in [2.45, 2.75) is 52.2 Å². The zero-order valence-corrected chi connectivity index (χ0v) is 21.6. The molecule has 1 aliphatic carbocycles. The zero-order chi connectivity index (χ0) is 25.0. The average molecular weight is 488 g/mol. The molecule has 5 nitrogen and oxygen atoms in total. The van der Waals surface area contributed by atoms with Gasteiger partial charge in [-0.2, -0.15) is 0 Å². The van der Waals surface area contributed by atoms with E-state index in [4.69, 9.17) is 9.47 Å². The van der Waals surface area contributed by atoms with E-state index in [0.29, 0.717) is 18.6 Å². The largest absolute Gasteiger partial charge is 0.486 e. The number of halogens is 1. The highest BCUT2D eigenvalue weighted by molar-refractivity contribution is 5.88. The summed E-state index contributed by atoms with van der Waals surface area (Å²) in [6, 6.07) is 13.6. The van der Waals surface area contributed by atoms with E-state index in [1.54, 1.807) is 12.1 Å². The fourth-order valence-corrected chi connectivity index (χ4v) is 6.04. The lowest BCUT2D eigenvalue weighted by Crippen LogP contribution is -2.46. The molecule has 36 heavy (non-hydrogen) atoms. The van der Waals surface area contributed by atoms with Crippen molar-refractivity contribution >= 4 is 21.8 Å². The Kier molecular flexibility index (Phi) is 5.87. The molecule has 2 aliphatic rings. The summed E-state index contributed by atoms with van der Waals surface area (Å²) >= 11 is 0. The molecule has 1 aliphatic heterocycles. The topological polar surface area (TPSA) is 39.5 Å². The van der Waals surface area contributed by atoms with E-state index < -0.39 is 0 Å². The van der Waals surface area contributed by atoms with E-state index in [0.717, 1.165) is 71.4 Å². The van der Waals surface area contributed by atoms with Crippen molar-refractivity contribution < 1.29 is 13.9 Å². The molecule has 0 N–H and O–H groups in total. The molecule has 6 rings (SSSR count). The summed E-state index contributed by atoms with van der Waals surface area (Å²) in [6.45, 7) is 8.84. The summed E-state index contributed by atoms with van der Waals surface area (Å²) in [5.74, 6) is 1.97. The fraction of sp³-hybridized carbons (Fsp3) is 0.433. The van der Waals surface area contributed by atoms with Gasteiger partial charge in [-0.05, 0) is 94.0 Å². The molecule has 0 fully saturated rings. The first-order chi connectivity index (χ1) is 17.4. The first-order valence-corrected chi connectivity index (χ1v) is 13.1. The monoisotopic (exact) mass is 487 g/mol. The van der Waals surface area contributed by atoms with E-state index in [-0.39, 0.29) is 11.9 Å². The van der Waals surface area contributed by atoms with Crippen LogP contribution in [0.1, 0.15) is 37.2 Å². The first-order valence-electron chi connectivity index (χ1n) is 13.1. The summed E-state index contributed by atoms with van der Waals surface area (Å²) in [5.41, 5.74) is 5.74. The molecule has 0 unspecified atom stereocenters. The second kappa shape index (κ2) is 9.07. The standard InChI is InChI=1S/C30H34FN3O2/c1-18(2)34(15-20-6-10-27-24(13-20)25-14-21(31)7-11-28(25)33(27)4)16-22-17-35-29-12-9-26-23(30(29)36-22)8-5-19(3)32-26/h5,7-9,11-12,14,18,20,22H,6,10,13,15-17H2,1-4H3/t20-,22-/m0/s1. The maximum Gasteiger partial charge on any atom is 0.171 e. The minimum Gasteiger partial charge on any atom is -0.486 e. The van der Waals surface area contributed by atoms with Gasteiger partial charge in [0.1, 0.15) is 18.5 Å². The molecule has 0 amide bonds. The third-order valence-corrected chi connectivity index (χ3v) is 7.98. The number of aromatic nitrogens is 2. The highest BCUT2D eigenvalue weighted by atomic mass is 19.1. The van der Waals surface area contributed by atoms with Crippen LogP contribution in [0.3, 0.4) is 0 Å². The minimum atomic E-state index is -0.158. The molecule has 0 bridgehead atoms. The van der Waals surface area contributed by atoms with Crippen molar-refractivity contribution in [3.63, 3.8) is 0 Å². The number of nitrogens with zero attached hydrogens (tertiary/aromatic N) is 3. The van der Waals surface area contributed by atoms with Gasteiger partial charge in [0.05, 0.1) is 5.52 Å². The van der Waals surface area contributed by atoms with Gasteiger partial charge in [0.25, 0.3) is 0 Å². The van der Waals surface area contributed by atoms with E-state index >= 15 is 0 Å². The number of aryl methyl sites for hydroxylation is 2. The van der Waals surface area contributed by atoms with Crippen molar-refractivity contribution in [2.24, 2.45) is 13.0 Å². The molecular formula is C30H34FN3O2. The lowest BCUT2D eigenvalue weighted by Gasteiger charge is -2.36. The first kappa shape index (κ1) is 23.3. The average Bonchev–Trinajstić information content (AvgIpc) is 3.13. The van der Waals surface area contributed by atoms with Gasteiger partial charge in [-0.25, -0.2) is 4.39 Å². The predicted octanol–water partition coefficient (Wildman–Crippen LogP) is 5.83. The van der Waals surface area contributed by atoms with Gasteiger partial charge in [-0.1, -0.05) is 0 Å². The van der Waals surface area contributed by atoms with Gasteiger partial charge in [-0.3, -0.25) is 9.88 Å². The Morgan fingerprint density at radius 3 is 2.81 bits per heavy atom. The molecule has 0 radical (unpaired) electrons. The number of pyridine rings is 1. The maximum atomic E-state index is 14.1. The third kappa shape index (κ3) is 4.11. The van der Waals surface area contributed by atoms with Gasteiger partial charge in [0.15, 0.2) is 11.5 Å². The molecule has 2 atom stereocenters. The van der Waals surface area contributed by atoms with Gasteiger partial charge in [-0.15, -0.1) is 0 Å². The van der Waals surface area contributed by atoms with Crippen LogP contribution in [0.5, 0.6) is 11.5 Å². The SMILES string of the molecule is Cc1ccc2c3c(ccc2n1)OC[C@H](CN(C[C@H]1CCc2c(c4cc(F)ccc4n2C)C1)C(C)C)O3. The highest BCUT2D eigenvalue weighted by Crippen LogP contribution is 2.39. The van der Waals surface area contributed by atoms with E-state index in [2.05, 4.69) is 41.4 Å². The van der Waals surface area contributed by atoms with Crippen molar-refractivity contribution in [1.29, 1.82) is 0 Å². The number of hydrogen-bond acceptors (Lipinski definition) is 4. The number of fused-ring (bicyclic) bond motifs is 6. The van der Waals surface area contributed by atoms with E-state index in [9.17, 15) is 4.39 Å². The molecule has 2 aromatic heterocycles. The molecule has 4 aromatic rings. The number of benzene rings is 2. The van der Waals surface area contributed by atoms with Crippen LogP contribution in [0.4, 0.5) is 4.39 Å². The Morgan fingerprint density at radius 1 is 1.11 bits per heavy atom. The molecule has 2 aromatic carbocycles. The molecule has 0 saturated carbocycles. The minimum absolute atomic E-state index is 0.0439. The fourth-order valence-electron chi connectivity index (χ4n) is 6.04. The molecular weight excluding hydrogens is 453 g/mol. The van der Waals surface area contributed by atoms with Crippen LogP contribution in [-0.4, -0.2) is 46.3 Å². The quantitative estimate of drug-likeness (QED) is 0.355. The van der Waals surface area contributed by atoms with Gasteiger partial charge >= 0.3 is 0 Å². The van der Waals surface area contributed by atoms with Crippen LogP contribution in [0.25, 0.3) is 21.8 Å². The Hall–Kier alpha value is -3.12. The van der Waals surface area contributed by atoms with Crippen molar-refractivity contribution in [2.75, 3.05) is 19.7 Å². The van der Waals surface area contributed by atoms with Crippen molar-refractivity contribution in [1.82, 2.24) is 14.5 Å². The van der Waals surface area contributed by atoms with Gasteiger partial charge < -0.3 is 14.0 Å². The molecule has 0 spiro atoms. The Bertz CT molecular complexity index is 1440. The Balaban J connectivity index is 1.20. The summed E-state index contributed by atoms with van der Waals surface area (Å²) in [7, 11) is 2.11. The molecule has 188 valence electrons. The second-order valence-electron chi connectivity index (χ2n) is 10.8. The van der Waals surface area contributed by atoms with Crippen LogP contribution < -0.4 is 9.47 Å². The smallest absolute Gasteiger partial charge is 0.171 e. The zero-order valence-electron chi connectivity index (χ0n) is 21.6. The summed E-state index contributed by atoms with van der Waals surface area (Å²) in [5, 5.41) is 2.08. The number of rotatable bonds is 5.